The summed E-state index contributed by atoms with van der Waals surface area (Å²) in [4.78, 5) is 20.4. The van der Waals surface area contributed by atoms with Gasteiger partial charge in [0.05, 0.1) is 5.69 Å². The Labute approximate surface area is 120 Å². The van der Waals surface area contributed by atoms with Crippen LogP contribution in [0.2, 0.25) is 0 Å². The molecule has 0 amide bonds. The van der Waals surface area contributed by atoms with Crippen LogP contribution in [0.5, 0.6) is 0 Å². The van der Waals surface area contributed by atoms with E-state index in [0.29, 0.717) is 28.3 Å². The van der Waals surface area contributed by atoms with Gasteiger partial charge in [0.2, 0.25) is 5.76 Å². The first kappa shape index (κ1) is 13.2. The molecule has 6 nitrogen and oxygen atoms in total. The van der Waals surface area contributed by atoms with Gasteiger partial charge in [0.1, 0.15) is 12.4 Å². The number of ether oxygens (including phenoxy) is 1. The highest BCUT2D eigenvalue weighted by atomic mass is 32.1. The lowest BCUT2D eigenvalue weighted by atomic mass is 10.3. The minimum atomic E-state index is -0.495. The summed E-state index contributed by atoms with van der Waals surface area (Å²) in [6.07, 6.45) is 3.25. The highest BCUT2D eigenvalue weighted by Gasteiger charge is 2.26. The molecule has 0 aromatic carbocycles. The van der Waals surface area contributed by atoms with Gasteiger partial charge in [0, 0.05) is 6.42 Å². The van der Waals surface area contributed by atoms with Gasteiger partial charge < -0.3 is 9.15 Å². The van der Waals surface area contributed by atoms with Crippen molar-refractivity contribution in [3.63, 3.8) is 0 Å². The Morgan fingerprint density at radius 1 is 1.40 bits per heavy atom. The van der Waals surface area contributed by atoms with Crippen LogP contribution in [0.4, 0.5) is 0 Å². The third-order valence-corrected chi connectivity index (χ3v) is 3.86. The van der Waals surface area contributed by atoms with E-state index in [1.54, 1.807) is 13.8 Å². The van der Waals surface area contributed by atoms with Crippen LogP contribution in [0.3, 0.4) is 0 Å². The van der Waals surface area contributed by atoms with Crippen molar-refractivity contribution in [1.82, 2.24) is 14.3 Å². The van der Waals surface area contributed by atoms with Crippen molar-refractivity contribution >= 4 is 17.5 Å². The number of aromatic nitrogens is 3. The minimum Gasteiger partial charge on any atom is -0.452 e. The van der Waals surface area contributed by atoms with Gasteiger partial charge in [0.15, 0.2) is 10.9 Å². The van der Waals surface area contributed by atoms with E-state index in [9.17, 15) is 4.79 Å². The second-order valence-electron chi connectivity index (χ2n) is 4.98. The molecule has 0 aliphatic heterocycles. The average Bonchev–Trinajstić information content (AvgIpc) is 3.00. The number of hydrogen-bond acceptors (Lipinski definition) is 7. The predicted octanol–water partition coefficient (Wildman–Crippen LogP) is 2.45. The minimum absolute atomic E-state index is 0.114. The molecule has 1 saturated carbocycles. The fraction of sp³-hybridized carbons (Fsp3) is 0.538. The molecule has 0 saturated heterocycles. The second kappa shape index (κ2) is 5.32. The van der Waals surface area contributed by atoms with Crippen LogP contribution in [0.15, 0.2) is 4.42 Å². The summed E-state index contributed by atoms with van der Waals surface area (Å²) in [7, 11) is 0. The number of rotatable bonds is 5. The molecular formula is C13H15N3O3S. The summed E-state index contributed by atoms with van der Waals surface area (Å²) >= 11 is 1.23. The molecule has 2 aromatic rings. The Morgan fingerprint density at radius 3 is 2.85 bits per heavy atom. The lowest BCUT2D eigenvalue weighted by Gasteiger charge is -1.99. The summed E-state index contributed by atoms with van der Waals surface area (Å²) in [5, 5.41) is 0.672. The molecule has 20 heavy (non-hydrogen) atoms. The third-order valence-electron chi connectivity index (χ3n) is 3.08. The maximum Gasteiger partial charge on any atom is 0.376 e. The van der Waals surface area contributed by atoms with Gasteiger partial charge in [-0.3, -0.25) is 0 Å². The number of carbonyl (C=O) groups is 1. The lowest BCUT2D eigenvalue weighted by Crippen LogP contribution is -2.05. The van der Waals surface area contributed by atoms with Gasteiger partial charge in [-0.2, -0.15) is 4.37 Å². The number of aryl methyl sites for hydroxylation is 2. The fourth-order valence-corrected chi connectivity index (χ4v) is 2.45. The van der Waals surface area contributed by atoms with Crippen molar-refractivity contribution < 1.29 is 13.9 Å². The molecule has 0 unspecified atom stereocenters. The SMILES string of the molecule is Cc1nsc(COC(=O)c2oc(CC3CC3)nc2C)n1. The van der Waals surface area contributed by atoms with Crippen molar-refractivity contribution in [2.75, 3.05) is 0 Å². The molecule has 1 aliphatic carbocycles. The van der Waals surface area contributed by atoms with Gasteiger partial charge in [-0.1, -0.05) is 0 Å². The molecule has 0 bridgehead atoms. The first-order valence-corrected chi connectivity index (χ1v) is 7.32. The zero-order chi connectivity index (χ0) is 14.1. The largest absolute Gasteiger partial charge is 0.452 e. The molecule has 2 heterocycles. The standard InChI is InChI=1S/C13H15N3O3S/c1-7-12(19-10(14-7)5-9-3-4-9)13(17)18-6-11-15-8(2)16-20-11/h9H,3-6H2,1-2H3. The molecule has 1 aliphatic rings. The van der Waals surface area contributed by atoms with Crippen molar-refractivity contribution in [2.24, 2.45) is 5.92 Å². The summed E-state index contributed by atoms with van der Waals surface area (Å²) in [5.74, 6) is 1.68. The molecule has 0 atom stereocenters. The lowest BCUT2D eigenvalue weighted by molar-refractivity contribution is 0.0432. The van der Waals surface area contributed by atoms with E-state index >= 15 is 0 Å². The van der Waals surface area contributed by atoms with E-state index < -0.39 is 5.97 Å². The molecule has 0 spiro atoms. The topological polar surface area (TPSA) is 78.1 Å². The van der Waals surface area contributed by atoms with Gasteiger partial charge >= 0.3 is 5.97 Å². The van der Waals surface area contributed by atoms with E-state index in [-0.39, 0.29) is 12.4 Å². The molecule has 2 aromatic heterocycles. The van der Waals surface area contributed by atoms with Crippen LogP contribution in [0, 0.1) is 19.8 Å². The van der Waals surface area contributed by atoms with E-state index in [0.717, 1.165) is 6.42 Å². The van der Waals surface area contributed by atoms with Gasteiger partial charge in [0.25, 0.3) is 0 Å². The Morgan fingerprint density at radius 2 is 2.20 bits per heavy atom. The first-order chi connectivity index (χ1) is 9.61. The van der Waals surface area contributed by atoms with Crippen LogP contribution in [-0.4, -0.2) is 20.3 Å². The summed E-state index contributed by atoms with van der Waals surface area (Å²) in [6, 6.07) is 0. The molecule has 0 N–H and O–H groups in total. The number of nitrogens with zero attached hydrogens (tertiary/aromatic N) is 3. The van der Waals surface area contributed by atoms with E-state index in [2.05, 4.69) is 14.3 Å². The number of esters is 1. The van der Waals surface area contributed by atoms with Crippen LogP contribution in [0.1, 0.15) is 45.8 Å². The number of carbonyl (C=O) groups excluding carboxylic acids is 1. The smallest absolute Gasteiger partial charge is 0.376 e. The van der Waals surface area contributed by atoms with Gasteiger partial charge in [-0.15, -0.1) is 0 Å². The Hall–Kier alpha value is -1.76. The zero-order valence-corrected chi connectivity index (χ0v) is 12.2. The Balaban J connectivity index is 1.62. The maximum atomic E-state index is 12.0. The maximum absolute atomic E-state index is 12.0. The predicted molar refractivity (Wildman–Crippen MR) is 71.4 cm³/mol. The van der Waals surface area contributed by atoms with Crippen molar-refractivity contribution in [2.45, 2.75) is 39.7 Å². The van der Waals surface area contributed by atoms with Crippen LogP contribution in [0.25, 0.3) is 0 Å². The second-order valence-corrected chi connectivity index (χ2v) is 5.82. The first-order valence-electron chi connectivity index (χ1n) is 6.54. The van der Waals surface area contributed by atoms with Crippen molar-refractivity contribution in [3.8, 4) is 0 Å². The molecule has 7 heteroatoms. The average molecular weight is 293 g/mol. The van der Waals surface area contributed by atoms with Crippen LogP contribution >= 0.6 is 11.5 Å². The molecular weight excluding hydrogens is 278 g/mol. The molecule has 0 radical (unpaired) electrons. The van der Waals surface area contributed by atoms with Gasteiger partial charge in [-0.05, 0) is 44.1 Å². The monoisotopic (exact) mass is 293 g/mol. The zero-order valence-electron chi connectivity index (χ0n) is 11.4. The summed E-state index contributed by atoms with van der Waals surface area (Å²) in [5.41, 5.74) is 0.582. The summed E-state index contributed by atoms with van der Waals surface area (Å²) in [6.45, 7) is 3.67. The molecule has 3 rings (SSSR count). The number of hydrogen-bond donors (Lipinski definition) is 0. The number of oxazole rings is 1. The highest BCUT2D eigenvalue weighted by molar-refractivity contribution is 7.05. The van der Waals surface area contributed by atoms with Gasteiger partial charge in [-0.25, -0.2) is 14.8 Å². The quantitative estimate of drug-likeness (QED) is 0.788. The Kier molecular flexibility index (Phi) is 3.52. The summed E-state index contributed by atoms with van der Waals surface area (Å²) < 4.78 is 14.7. The molecule has 106 valence electrons. The Bertz CT molecular complexity index is 631. The van der Waals surface area contributed by atoms with E-state index in [4.69, 9.17) is 9.15 Å². The van der Waals surface area contributed by atoms with Crippen LogP contribution in [-0.2, 0) is 17.8 Å². The van der Waals surface area contributed by atoms with Crippen LogP contribution < -0.4 is 0 Å². The van der Waals surface area contributed by atoms with Crippen molar-refractivity contribution in [3.05, 3.63) is 28.2 Å². The third kappa shape index (κ3) is 3.04. The highest BCUT2D eigenvalue weighted by Crippen LogP contribution is 2.32. The fourth-order valence-electron chi connectivity index (χ4n) is 1.89. The van der Waals surface area contributed by atoms with Crippen molar-refractivity contribution in [1.29, 1.82) is 0 Å². The van der Waals surface area contributed by atoms with E-state index in [1.807, 2.05) is 0 Å². The normalized spacial score (nSPS) is 14.5. The molecule has 1 fully saturated rings. The van der Waals surface area contributed by atoms with E-state index in [1.165, 1.54) is 24.4 Å².